The van der Waals surface area contributed by atoms with Crippen LogP contribution in [0.2, 0.25) is 0 Å². The molecule has 3 aromatic carbocycles. The van der Waals surface area contributed by atoms with E-state index >= 15 is 0 Å². The predicted octanol–water partition coefficient (Wildman–Crippen LogP) is 5.61. The van der Waals surface area contributed by atoms with E-state index in [2.05, 4.69) is 0 Å². The van der Waals surface area contributed by atoms with Gasteiger partial charge in [0.1, 0.15) is 24.9 Å². The van der Waals surface area contributed by atoms with Crippen LogP contribution >= 0.6 is 0 Å². The summed E-state index contributed by atoms with van der Waals surface area (Å²) in [6.07, 6.45) is -3.50. The second-order valence-corrected chi connectivity index (χ2v) is 11.1. The van der Waals surface area contributed by atoms with Gasteiger partial charge in [-0.2, -0.15) is 0 Å². The van der Waals surface area contributed by atoms with Crippen molar-refractivity contribution >= 4 is 12.1 Å². The van der Waals surface area contributed by atoms with E-state index in [1.807, 2.05) is 105 Å². The number of nitrogens with zero attached hydrogens (tertiary/aromatic N) is 1. The van der Waals surface area contributed by atoms with Crippen molar-refractivity contribution < 1.29 is 38.0 Å². The molecule has 3 aromatic rings. The van der Waals surface area contributed by atoms with Crippen molar-refractivity contribution in [2.75, 3.05) is 6.61 Å². The molecule has 2 aliphatic rings. The highest BCUT2D eigenvalue weighted by atomic mass is 16.8. The lowest BCUT2D eigenvalue weighted by molar-refractivity contribution is -0.226. The Kier molecular flexibility index (Phi) is 10.1. The van der Waals surface area contributed by atoms with Crippen LogP contribution in [0.3, 0.4) is 0 Å². The van der Waals surface area contributed by atoms with Gasteiger partial charge in [-0.1, -0.05) is 91.0 Å². The maximum absolute atomic E-state index is 13.9. The van der Waals surface area contributed by atoms with E-state index < -0.39 is 48.5 Å². The first-order valence-electron chi connectivity index (χ1n) is 14.7. The van der Waals surface area contributed by atoms with E-state index in [9.17, 15) is 9.59 Å². The minimum absolute atomic E-state index is 0.0716. The van der Waals surface area contributed by atoms with Crippen LogP contribution in [0.4, 0.5) is 4.79 Å². The number of fused-ring (bicyclic) bond motifs is 1. The first-order valence-corrected chi connectivity index (χ1v) is 14.7. The average Bonchev–Trinajstić information content (AvgIpc) is 3.49. The Bertz CT molecular complexity index is 1320. The highest BCUT2D eigenvalue weighted by molar-refractivity contribution is 5.73. The number of rotatable bonds is 12. The predicted molar refractivity (Wildman–Crippen MR) is 157 cm³/mol. The zero-order valence-corrected chi connectivity index (χ0v) is 24.8. The molecular formula is C34H39NO8. The number of ether oxygens (including phenoxy) is 6. The summed E-state index contributed by atoms with van der Waals surface area (Å²) in [5, 5.41) is 0. The van der Waals surface area contributed by atoms with Gasteiger partial charge < -0.3 is 28.4 Å². The number of hydrogen-bond donors (Lipinski definition) is 0. The maximum Gasteiger partial charge on any atom is 0.410 e. The Balaban J connectivity index is 1.47. The summed E-state index contributed by atoms with van der Waals surface area (Å²) in [7, 11) is 0. The summed E-state index contributed by atoms with van der Waals surface area (Å²) in [5.74, 6) is -1.35. The molecule has 5 atom stereocenters. The van der Waals surface area contributed by atoms with Crippen LogP contribution in [-0.4, -0.2) is 60.0 Å². The molecule has 2 heterocycles. The van der Waals surface area contributed by atoms with Gasteiger partial charge >= 0.3 is 12.1 Å². The third-order valence-electron chi connectivity index (χ3n) is 7.41. The van der Waals surface area contributed by atoms with E-state index in [-0.39, 0.29) is 32.8 Å². The van der Waals surface area contributed by atoms with Crippen molar-refractivity contribution in [3.63, 3.8) is 0 Å². The molecule has 1 amide bonds. The Morgan fingerprint density at radius 3 is 2.00 bits per heavy atom. The smallest absolute Gasteiger partial charge is 0.410 e. The van der Waals surface area contributed by atoms with Gasteiger partial charge in [0, 0.05) is 6.54 Å². The van der Waals surface area contributed by atoms with Crippen molar-refractivity contribution in [2.45, 2.75) is 83.4 Å². The minimum Gasteiger partial charge on any atom is -0.466 e. The summed E-state index contributed by atoms with van der Waals surface area (Å²) in [4.78, 5) is 28.5. The fourth-order valence-electron chi connectivity index (χ4n) is 5.46. The molecule has 9 nitrogen and oxygen atoms in total. The highest BCUT2D eigenvalue weighted by Gasteiger charge is 2.58. The first-order chi connectivity index (χ1) is 20.8. The lowest BCUT2D eigenvalue weighted by Gasteiger charge is -2.37. The number of amides is 1. The van der Waals surface area contributed by atoms with Gasteiger partial charge in [0.2, 0.25) is 0 Å². The molecule has 0 radical (unpaired) electrons. The summed E-state index contributed by atoms with van der Waals surface area (Å²) < 4.78 is 36.4. The highest BCUT2D eigenvalue weighted by Crippen LogP contribution is 2.41. The first kappa shape index (κ1) is 30.7. The summed E-state index contributed by atoms with van der Waals surface area (Å²) in [6.45, 7) is 6.10. The van der Waals surface area contributed by atoms with Crippen LogP contribution in [0.5, 0.6) is 0 Å². The molecule has 0 aliphatic carbocycles. The van der Waals surface area contributed by atoms with Crippen LogP contribution in [-0.2, 0) is 53.0 Å². The number of carbonyl (C=O) groups is 2. The number of benzene rings is 3. The van der Waals surface area contributed by atoms with Crippen molar-refractivity contribution in [3.8, 4) is 0 Å². The molecule has 9 heteroatoms. The van der Waals surface area contributed by atoms with Gasteiger partial charge in [-0.15, -0.1) is 0 Å². The third-order valence-corrected chi connectivity index (χ3v) is 7.41. The fourth-order valence-corrected chi connectivity index (χ4v) is 5.46. The van der Waals surface area contributed by atoms with Crippen molar-refractivity contribution in [1.29, 1.82) is 0 Å². The molecule has 228 valence electrons. The van der Waals surface area contributed by atoms with E-state index in [1.54, 1.807) is 6.92 Å². The van der Waals surface area contributed by atoms with E-state index in [0.717, 1.165) is 16.7 Å². The molecule has 0 bridgehead atoms. The summed E-state index contributed by atoms with van der Waals surface area (Å²) in [5.41, 5.74) is 2.67. The van der Waals surface area contributed by atoms with Crippen molar-refractivity contribution in [1.82, 2.24) is 4.90 Å². The average molecular weight is 590 g/mol. The molecule has 5 rings (SSSR count). The molecule has 0 spiro atoms. The molecular weight excluding hydrogens is 550 g/mol. The largest absolute Gasteiger partial charge is 0.466 e. The second kappa shape index (κ2) is 14.1. The number of hydrogen-bond acceptors (Lipinski definition) is 8. The van der Waals surface area contributed by atoms with Gasteiger partial charge in [0.15, 0.2) is 12.1 Å². The molecule has 43 heavy (non-hydrogen) atoms. The van der Waals surface area contributed by atoms with Crippen molar-refractivity contribution in [3.05, 3.63) is 108 Å². The topological polar surface area (TPSA) is 92.8 Å². The minimum atomic E-state index is -0.885. The summed E-state index contributed by atoms with van der Waals surface area (Å²) >= 11 is 0. The molecule has 2 fully saturated rings. The molecule has 0 saturated carbocycles. The molecule has 2 saturated heterocycles. The fraction of sp³-hybridized carbons (Fsp3) is 0.412. The Morgan fingerprint density at radius 2 is 1.40 bits per heavy atom. The molecule has 0 N–H and O–H groups in total. The normalized spacial score (nSPS) is 22.9. The Labute approximate surface area is 252 Å². The Hall–Kier alpha value is -3.76. The zero-order valence-electron chi connectivity index (χ0n) is 24.8. The van der Waals surface area contributed by atoms with Gasteiger partial charge in [-0.3, -0.25) is 9.69 Å². The summed E-state index contributed by atoms with van der Waals surface area (Å²) in [6, 6.07) is 27.9. The quantitative estimate of drug-likeness (QED) is 0.252. The monoisotopic (exact) mass is 589 g/mol. The van der Waals surface area contributed by atoms with Gasteiger partial charge in [-0.25, -0.2) is 4.79 Å². The van der Waals surface area contributed by atoms with Gasteiger partial charge in [-0.05, 0) is 37.5 Å². The number of carbonyl (C=O) groups excluding carboxylic acids is 2. The molecule has 2 aliphatic heterocycles. The standard InChI is InChI=1S/C34H39NO8/c1-4-38-28(36)20-27(35(21-24-14-8-5-9-15-24)33(37)40-23-26-18-12-7-13-19-26)29-30(39-22-25-16-10-6-11-17-25)31-32(41-29)43-34(2,3)42-31/h5-19,27,29-32H,4,20-23H2,1-3H3/t27-,29+,30-,31+,32+/m0/s1. The van der Waals surface area contributed by atoms with Crippen LogP contribution in [0, 0.1) is 0 Å². The van der Waals surface area contributed by atoms with Crippen molar-refractivity contribution in [2.24, 2.45) is 0 Å². The van der Waals surface area contributed by atoms with E-state index in [0.29, 0.717) is 0 Å². The van der Waals surface area contributed by atoms with E-state index in [1.165, 1.54) is 4.90 Å². The molecule has 0 aromatic heterocycles. The van der Waals surface area contributed by atoms with Crippen LogP contribution < -0.4 is 0 Å². The Morgan fingerprint density at radius 1 is 0.814 bits per heavy atom. The van der Waals surface area contributed by atoms with Gasteiger partial charge in [0.05, 0.1) is 25.7 Å². The van der Waals surface area contributed by atoms with Gasteiger partial charge in [0.25, 0.3) is 0 Å². The van der Waals surface area contributed by atoms with Crippen LogP contribution in [0.1, 0.15) is 43.9 Å². The number of esters is 1. The lowest BCUT2D eigenvalue weighted by Crippen LogP contribution is -2.53. The van der Waals surface area contributed by atoms with Crippen LogP contribution in [0.25, 0.3) is 0 Å². The lowest BCUT2D eigenvalue weighted by atomic mass is 9.98. The second-order valence-electron chi connectivity index (χ2n) is 11.1. The molecule has 0 unspecified atom stereocenters. The maximum atomic E-state index is 13.9. The van der Waals surface area contributed by atoms with Crippen LogP contribution in [0.15, 0.2) is 91.0 Å². The zero-order chi connectivity index (χ0) is 30.2. The third kappa shape index (κ3) is 8.00. The SMILES string of the molecule is CCOC(=O)C[C@@H]([C@H]1O[C@@H]2OC(C)(C)O[C@@H]2[C@H]1OCc1ccccc1)N(Cc1ccccc1)C(=O)OCc1ccccc1. The van der Waals surface area contributed by atoms with E-state index in [4.69, 9.17) is 28.4 Å².